The topological polar surface area (TPSA) is 41.1 Å². The van der Waals surface area contributed by atoms with Gasteiger partial charge in [-0.15, -0.1) is 0 Å². The van der Waals surface area contributed by atoms with Crippen molar-refractivity contribution in [2.45, 2.75) is 45.1 Å². The summed E-state index contributed by atoms with van der Waals surface area (Å²) in [6.45, 7) is 2.79. The van der Waals surface area contributed by atoms with Gasteiger partial charge in [-0.3, -0.25) is 4.79 Å². The van der Waals surface area contributed by atoms with Crippen molar-refractivity contribution in [3.8, 4) is 0 Å². The van der Waals surface area contributed by atoms with Crippen LogP contribution in [0.4, 0.5) is 5.69 Å². The number of nitrogens with one attached hydrogen (secondary N) is 2. The second-order valence-electron chi connectivity index (χ2n) is 6.16. The SMILES string of the molecule is CC1(C(=O)NCC2CCCc3ccccc3N2)CC1. The Bertz CT molecular complexity index is 479. The summed E-state index contributed by atoms with van der Waals surface area (Å²) in [5, 5.41) is 6.68. The maximum atomic E-state index is 12.0. The van der Waals surface area contributed by atoms with Crippen molar-refractivity contribution in [1.82, 2.24) is 5.32 Å². The minimum absolute atomic E-state index is 0.0668. The predicted molar refractivity (Wildman–Crippen MR) is 77.1 cm³/mol. The molecular formula is C16H22N2O. The van der Waals surface area contributed by atoms with E-state index in [1.807, 2.05) is 0 Å². The molecule has 19 heavy (non-hydrogen) atoms. The highest BCUT2D eigenvalue weighted by molar-refractivity contribution is 5.84. The lowest BCUT2D eigenvalue weighted by atomic mass is 10.1. The summed E-state index contributed by atoms with van der Waals surface area (Å²) in [5.41, 5.74) is 2.56. The molecule has 0 radical (unpaired) electrons. The van der Waals surface area contributed by atoms with Gasteiger partial charge < -0.3 is 10.6 Å². The Balaban J connectivity index is 1.59. The molecule has 1 saturated carbocycles. The van der Waals surface area contributed by atoms with Gasteiger partial charge in [-0.25, -0.2) is 0 Å². The fraction of sp³-hybridized carbons (Fsp3) is 0.562. The van der Waals surface area contributed by atoms with E-state index in [4.69, 9.17) is 0 Å². The number of amides is 1. The second kappa shape index (κ2) is 4.87. The molecule has 1 aliphatic carbocycles. The largest absolute Gasteiger partial charge is 0.380 e. The predicted octanol–water partition coefficient (Wildman–Crippen LogP) is 2.72. The van der Waals surface area contributed by atoms with Crippen LogP contribution in [-0.4, -0.2) is 18.5 Å². The molecule has 1 amide bonds. The summed E-state index contributed by atoms with van der Waals surface area (Å²) >= 11 is 0. The number of carbonyl (C=O) groups excluding carboxylic acids is 1. The van der Waals surface area contributed by atoms with Gasteiger partial charge in [-0.05, 0) is 43.7 Å². The molecule has 0 bridgehead atoms. The molecule has 0 spiro atoms. The second-order valence-corrected chi connectivity index (χ2v) is 6.16. The molecule has 1 aromatic rings. The molecule has 2 aliphatic rings. The number of aryl methyl sites for hydroxylation is 1. The lowest BCUT2D eigenvalue weighted by Gasteiger charge is -2.20. The molecule has 2 N–H and O–H groups in total. The third-order valence-electron chi connectivity index (χ3n) is 4.43. The Hall–Kier alpha value is -1.51. The summed E-state index contributed by atoms with van der Waals surface area (Å²) in [7, 11) is 0. The van der Waals surface area contributed by atoms with Gasteiger partial charge in [0.2, 0.25) is 5.91 Å². The van der Waals surface area contributed by atoms with Gasteiger partial charge in [-0.1, -0.05) is 25.1 Å². The molecule has 0 aromatic heterocycles. The van der Waals surface area contributed by atoms with E-state index >= 15 is 0 Å². The molecule has 1 aromatic carbocycles. The van der Waals surface area contributed by atoms with Crippen molar-refractivity contribution in [2.24, 2.45) is 5.41 Å². The van der Waals surface area contributed by atoms with Crippen LogP contribution in [0.2, 0.25) is 0 Å². The fourth-order valence-electron chi connectivity index (χ4n) is 2.71. The van der Waals surface area contributed by atoms with E-state index in [9.17, 15) is 4.79 Å². The van der Waals surface area contributed by atoms with E-state index in [0.29, 0.717) is 6.04 Å². The van der Waals surface area contributed by atoms with E-state index in [1.54, 1.807) is 0 Å². The molecule has 1 unspecified atom stereocenters. The van der Waals surface area contributed by atoms with Crippen molar-refractivity contribution < 1.29 is 4.79 Å². The first-order valence-corrected chi connectivity index (χ1v) is 7.30. The highest BCUT2D eigenvalue weighted by Crippen LogP contribution is 2.44. The Morgan fingerprint density at radius 2 is 2.21 bits per heavy atom. The smallest absolute Gasteiger partial charge is 0.226 e. The van der Waals surface area contributed by atoms with Gasteiger partial charge in [-0.2, -0.15) is 0 Å². The Kier molecular flexibility index (Phi) is 3.21. The number of rotatable bonds is 3. The highest BCUT2D eigenvalue weighted by atomic mass is 16.2. The minimum Gasteiger partial charge on any atom is -0.380 e. The number of benzene rings is 1. The first-order chi connectivity index (χ1) is 9.17. The third-order valence-corrected chi connectivity index (χ3v) is 4.43. The zero-order valence-electron chi connectivity index (χ0n) is 11.5. The maximum absolute atomic E-state index is 12.0. The van der Waals surface area contributed by atoms with E-state index in [-0.39, 0.29) is 11.3 Å². The van der Waals surface area contributed by atoms with Gasteiger partial charge >= 0.3 is 0 Å². The number of hydrogen-bond donors (Lipinski definition) is 2. The number of carbonyl (C=O) groups is 1. The van der Waals surface area contributed by atoms with Gasteiger partial charge in [0, 0.05) is 23.7 Å². The van der Waals surface area contributed by atoms with Crippen LogP contribution < -0.4 is 10.6 Å². The van der Waals surface area contributed by atoms with Gasteiger partial charge in [0.15, 0.2) is 0 Å². The molecule has 3 nitrogen and oxygen atoms in total. The van der Waals surface area contributed by atoms with Crippen LogP contribution in [0.1, 0.15) is 38.2 Å². The molecule has 102 valence electrons. The average Bonchev–Trinajstić information content (AvgIpc) is 3.19. The summed E-state index contributed by atoms with van der Waals surface area (Å²) in [4.78, 5) is 12.0. The first kappa shape index (κ1) is 12.5. The fourth-order valence-corrected chi connectivity index (χ4v) is 2.71. The molecule has 1 heterocycles. The lowest BCUT2D eigenvalue weighted by Crippen LogP contribution is -2.39. The van der Waals surface area contributed by atoms with Gasteiger partial charge in [0.1, 0.15) is 0 Å². The van der Waals surface area contributed by atoms with Crippen molar-refractivity contribution in [1.29, 1.82) is 0 Å². The van der Waals surface area contributed by atoms with Crippen molar-refractivity contribution >= 4 is 11.6 Å². The monoisotopic (exact) mass is 258 g/mol. The summed E-state index contributed by atoms with van der Waals surface area (Å²) < 4.78 is 0. The summed E-state index contributed by atoms with van der Waals surface area (Å²) in [6.07, 6.45) is 5.51. The van der Waals surface area contributed by atoms with Crippen LogP contribution in [0, 0.1) is 5.41 Å². The average molecular weight is 258 g/mol. The first-order valence-electron chi connectivity index (χ1n) is 7.30. The zero-order valence-corrected chi connectivity index (χ0v) is 11.5. The van der Waals surface area contributed by atoms with E-state index in [2.05, 4.69) is 41.8 Å². The Morgan fingerprint density at radius 3 is 3.00 bits per heavy atom. The van der Waals surface area contributed by atoms with Crippen molar-refractivity contribution in [2.75, 3.05) is 11.9 Å². The number of anilines is 1. The molecule has 1 atom stereocenters. The van der Waals surface area contributed by atoms with Gasteiger partial charge in [0.05, 0.1) is 0 Å². The molecule has 3 heteroatoms. The third kappa shape index (κ3) is 2.75. The standard InChI is InChI=1S/C16H22N2O/c1-16(9-10-16)15(19)17-11-13-7-4-6-12-5-2-3-8-14(12)18-13/h2-3,5,8,13,18H,4,6-7,9-11H2,1H3,(H,17,19). The lowest BCUT2D eigenvalue weighted by molar-refractivity contribution is -0.125. The molecule has 3 rings (SSSR count). The van der Waals surface area contributed by atoms with Crippen LogP contribution in [0.25, 0.3) is 0 Å². The van der Waals surface area contributed by atoms with Crippen LogP contribution in [0.5, 0.6) is 0 Å². The Morgan fingerprint density at radius 1 is 1.42 bits per heavy atom. The van der Waals surface area contributed by atoms with Crippen LogP contribution >= 0.6 is 0 Å². The molecular weight excluding hydrogens is 236 g/mol. The van der Waals surface area contributed by atoms with Crippen molar-refractivity contribution in [3.63, 3.8) is 0 Å². The number of hydrogen-bond acceptors (Lipinski definition) is 2. The van der Waals surface area contributed by atoms with Crippen LogP contribution in [0.15, 0.2) is 24.3 Å². The normalized spacial score (nSPS) is 23.7. The highest BCUT2D eigenvalue weighted by Gasteiger charge is 2.44. The number of fused-ring (bicyclic) bond motifs is 1. The van der Waals surface area contributed by atoms with E-state index in [1.165, 1.54) is 17.7 Å². The van der Waals surface area contributed by atoms with E-state index < -0.39 is 0 Å². The molecule has 0 saturated heterocycles. The summed E-state index contributed by atoms with van der Waals surface area (Å²) in [6, 6.07) is 8.84. The maximum Gasteiger partial charge on any atom is 0.226 e. The van der Waals surface area contributed by atoms with Gasteiger partial charge in [0.25, 0.3) is 0 Å². The quantitative estimate of drug-likeness (QED) is 0.875. The van der Waals surface area contributed by atoms with Crippen LogP contribution in [-0.2, 0) is 11.2 Å². The number of para-hydroxylation sites is 1. The minimum atomic E-state index is -0.0668. The van der Waals surface area contributed by atoms with Crippen molar-refractivity contribution in [3.05, 3.63) is 29.8 Å². The van der Waals surface area contributed by atoms with Crippen LogP contribution in [0.3, 0.4) is 0 Å². The van der Waals surface area contributed by atoms with E-state index in [0.717, 1.165) is 32.2 Å². The zero-order chi connectivity index (χ0) is 13.3. The molecule has 1 fully saturated rings. The molecule has 1 aliphatic heterocycles. The Labute approximate surface area is 114 Å². The summed E-state index contributed by atoms with van der Waals surface area (Å²) in [5.74, 6) is 0.229.